The minimum absolute atomic E-state index is 0.0408. The highest BCUT2D eigenvalue weighted by Gasteiger charge is 2.35. The van der Waals surface area contributed by atoms with Crippen LogP contribution >= 0.6 is 0 Å². The smallest absolute Gasteiger partial charge is 0.261 e. The Morgan fingerprint density at radius 1 is 1.00 bits per heavy atom. The van der Waals surface area contributed by atoms with Crippen LogP contribution in [0.4, 0.5) is 5.69 Å². The first kappa shape index (κ1) is 16.5. The molecule has 3 amide bonds. The average Bonchev–Trinajstić information content (AvgIpc) is 3.10. The monoisotopic (exact) mass is 348 g/mol. The van der Waals surface area contributed by atoms with Crippen LogP contribution in [0.15, 0.2) is 48.5 Å². The fraction of sp³-hybridized carbons (Fsp3) is 0.286. The average molecular weight is 348 g/mol. The summed E-state index contributed by atoms with van der Waals surface area (Å²) in [4.78, 5) is 40.5. The van der Waals surface area contributed by atoms with Crippen molar-refractivity contribution in [2.75, 3.05) is 11.4 Å². The molecule has 0 fully saturated rings. The van der Waals surface area contributed by atoms with Crippen LogP contribution in [0.2, 0.25) is 0 Å². The summed E-state index contributed by atoms with van der Waals surface area (Å²) in [5.41, 5.74) is 3.07. The van der Waals surface area contributed by atoms with Crippen molar-refractivity contribution in [3.63, 3.8) is 0 Å². The number of rotatable bonds is 4. The number of benzene rings is 2. The number of imide groups is 1. The summed E-state index contributed by atoms with van der Waals surface area (Å²) in [5, 5.41) is 0. The van der Waals surface area contributed by atoms with Crippen molar-refractivity contribution in [2.45, 2.75) is 32.2 Å². The molecule has 0 aliphatic carbocycles. The van der Waals surface area contributed by atoms with Crippen molar-refractivity contribution in [3.05, 3.63) is 65.2 Å². The zero-order valence-electron chi connectivity index (χ0n) is 14.6. The number of anilines is 1. The van der Waals surface area contributed by atoms with Crippen molar-refractivity contribution in [1.82, 2.24) is 4.90 Å². The molecule has 2 aliphatic rings. The van der Waals surface area contributed by atoms with Gasteiger partial charge in [-0.25, -0.2) is 0 Å². The zero-order valence-corrected chi connectivity index (χ0v) is 14.6. The van der Waals surface area contributed by atoms with Gasteiger partial charge in [-0.2, -0.15) is 0 Å². The number of nitrogens with zero attached hydrogens (tertiary/aromatic N) is 2. The van der Waals surface area contributed by atoms with E-state index in [1.807, 2.05) is 30.0 Å². The maximum Gasteiger partial charge on any atom is 0.261 e. The van der Waals surface area contributed by atoms with E-state index in [2.05, 4.69) is 6.07 Å². The van der Waals surface area contributed by atoms with Crippen molar-refractivity contribution >= 4 is 23.4 Å². The SMILES string of the molecule is C[C@@H]1Cc2ccccc2N1C(=O)CCCN1C(=O)c2ccccc2C1=O. The molecular weight excluding hydrogens is 328 g/mol. The molecule has 5 heteroatoms. The van der Waals surface area contributed by atoms with Crippen LogP contribution in [0.5, 0.6) is 0 Å². The van der Waals surface area contributed by atoms with Crippen LogP contribution in [0.1, 0.15) is 46.0 Å². The maximum atomic E-state index is 12.7. The van der Waals surface area contributed by atoms with E-state index in [9.17, 15) is 14.4 Å². The minimum atomic E-state index is -0.266. The highest BCUT2D eigenvalue weighted by Crippen LogP contribution is 2.32. The van der Waals surface area contributed by atoms with Gasteiger partial charge in [-0.05, 0) is 43.5 Å². The summed E-state index contributed by atoms with van der Waals surface area (Å²) < 4.78 is 0. The zero-order chi connectivity index (χ0) is 18.3. The fourth-order valence-electron chi connectivity index (χ4n) is 3.90. The Hall–Kier alpha value is -2.95. The Balaban J connectivity index is 1.39. The highest BCUT2D eigenvalue weighted by molar-refractivity contribution is 6.21. The predicted molar refractivity (Wildman–Crippen MR) is 98.1 cm³/mol. The second kappa shape index (κ2) is 6.41. The second-order valence-electron chi connectivity index (χ2n) is 6.86. The molecule has 4 rings (SSSR count). The van der Waals surface area contributed by atoms with Gasteiger partial charge in [-0.15, -0.1) is 0 Å². The first-order valence-electron chi connectivity index (χ1n) is 8.93. The number of amides is 3. The molecule has 2 aromatic carbocycles. The molecule has 1 atom stereocenters. The number of hydrogen-bond donors (Lipinski definition) is 0. The van der Waals surface area contributed by atoms with Gasteiger partial charge in [0.25, 0.3) is 11.8 Å². The molecule has 2 heterocycles. The summed E-state index contributed by atoms with van der Waals surface area (Å²) in [6, 6.07) is 14.9. The van der Waals surface area contributed by atoms with Crippen LogP contribution < -0.4 is 4.90 Å². The normalized spacial score (nSPS) is 18.3. The summed E-state index contributed by atoms with van der Waals surface area (Å²) in [5.74, 6) is -0.491. The van der Waals surface area contributed by atoms with Crippen LogP contribution in [0.25, 0.3) is 0 Å². The third-order valence-electron chi connectivity index (χ3n) is 5.13. The van der Waals surface area contributed by atoms with E-state index in [4.69, 9.17) is 0 Å². The van der Waals surface area contributed by atoms with Gasteiger partial charge in [0.15, 0.2) is 0 Å². The van der Waals surface area contributed by atoms with E-state index in [1.165, 1.54) is 10.5 Å². The van der Waals surface area contributed by atoms with Crippen LogP contribution in [0, 0.1) is 0 Å². The molecule has 0 spiro atoms. The van der Waals surface area contributed by atoms with Gasteiger partial charge in [-0.1, -0.05) is 30.3 Å². The molecule has 0 aromatic heterocycles. The fourth-order valence-corrected chi connectivity index (χ4v) is 3.90. The Labute approximate surface area is 152 Å². The van der Waals surface area contributed by atoms with Gasteiger partial charge >= 0.3 is 0 Å². The molecule has 132 valence electrons. The van der Waals surface area contributed by atoms with E-state index in [0.717, 1.165) is 12.1 Å². The third-order valence-corrected chi connectivity index (χ3v) is 5.13. The molecule has 2 aromatic rings. The summed E-state index contributed by atoms with van der Waals surface area (Å²) >= 11 is 0. The van der Waals surface area contributed by atoms with Crippen LogP contribution in [-0.4, -0.2) is 35.2 Å². The van der Waals surface area contributed by atoms with Gasteiger partial charge in [0.2, 0.25) is 5.91 Å². The lowest BCUT2D eigenvalue weighted by Crippen LogP contribution is -2.36. The largest absolute Gasteiger partial charge is 0.309 e. The molecule has 0 N–H and O–H groups in total. The summed E-state index contributed by atoms with van der Waals surface area (Å²) in [6.45, 7) is 2.31. The van der Waals surface area contributed by atoms with E-state index in [1.54, 1.807) is 24.3 Å². The van der Waals surface area contributed by atoms with E-state index in [0.29, 0.717) is 24.0 Å². The Morgan fingerprint density at radius 3 is 2.31 bits per heavy atom. The van der Waals surface area contributed by atoms with Crippen LogP contribution in [0.3, 0.4) is 0 Å². The molecule has 0 bridgehead atoms. The maximum absolute atomic E-state index is 12.7. The lowest BCUT2D eigenvalue weighted by Gasteiger charge is -2.23. The number of carbonyl (C=O) groups is 3. The highest BCUT2D eigenvalue weighted by atomic mass is 16.2. The second-order valence-corrected chi connectivity index (χ2v) is 6.86. The molecule has 0 saturated heterocycles. The molecule has 0 unspecified atom stereocenters. The van der Waals surface area contributed by atoms with Crippen molar-refractivity contribution in [3.8, 4) is 0 Å². The number of fused-ring (bicyclic) bond motifs is 2. The van der Waals surface area contributed by atoms with E-state index in [-0.39, 0.29) is 30.3 Å². The number of para-hydroxylation sites is 1. The lowest BCUT2D eigenvalue weighted by atomic mass is 10.1. The first-order valence-corrected chi connectivity index (χ1v) is 8.93. The summed E-state index contributed by atoms with van der Waals surface area (Å²) in [6.07, 6.45) is 1.64. The predicted octanol–water partition coefficient (Wildman–Crippen LogP) is 3.04. The van der Waals surface area contributed by atoms with E-state index >= 15 is 0 Å². The lowest BCUT2D eigenvalue weighted by molar-refractivity contribution is -0.119. The van der Waals surface area contributed by atoms with Crippen molar-refractivity contribution < 1.29 is 14.4 Å². The molecular formula is C21H20N2O3. The van der Waals surface area contributed by atoms with Crippen molar-refractivity contribution in [2.24, 2.45) is 0 Å². The Bertz CT molecular complexity index is 871. The molecule has 0 radical (unpaired) electrons. The van der Waals surface area contributed by atoms with Crippen LogP contribution in [-0.2, 0) is 11.2 Å². The molecule has 2 aliphatic heterocycles. The van der Waals surface area contributed by atoms with Gasteiger partial charge < -0.3 is 4.90 Å². The molecule has 5 nitrogen and oxygen atoms in total. The number of carbonyl (C=O) groups excluding carboxylic acids is 3. The molecule has 26 heavy (non-hydrogen) atoms. The minimum Gasteiger partial charge on any atom is -0.309 e. The van der Waals surface area contributed by atoms with Gasteiger partial charge in [0.1, 0.15) is 0 Å². The summed E-state index contributed by atoms with van der Waals surface area (Å²) in [7, 11) is 0. The Morgan fingerprint density at radius 2 is 1.62 bits per heavy atom. The topological polar surface area (TPSA) is 57.7 Å². The third kappa shape index (κ3) is 2.60. The van der Waals surface area contributed by atoms with E-state index < -0.39 is 0 Å². The van der Waals surface area contributed by atoms with Gasteiger partial charge in [-0.3, -0.25) is 19.3 Å². The van der Waals surface area contributed by atoms with Gasteiger partial charge in [0, 0.05) is 24.7 Å². The first-order chi connectivity index (χ1) is 12.6. The standard InChI is InChI=1S/C21H20N2O3/c1-14-13-15-7-2-5-10-18(15)23(14)19(24)11-6-12-22-20(25)16-8-3-4-9-17(16)21(22)26/h2-5,7-10,14H,6,11-13H2,1H3/t14-/m1/s1. The van der Waals surface area contributed by atoms with Gasteiger partial charge in [0.05, 0.1) is 11.1 Å². The van der Waals surface area contributed by atoms with Crippen molar-refractivity contribution in [1.29, 1.82) is 0 Å². The Kier molecular flexibility index (Phi) is 4.07. The quantitative estimate of drug-likeness (QED) is 0.798. The number of hydrogen-bond acceptors (Lipinski definition) is 3. The molecule has 0 saturated carbocycles.